The van der Waals surface area contributed by atoms with Crippen LogP contribution in [0.15, 0.2) is 0 Å². The van der Waals surface area contributed by atoms with E-state index >= 15 is 0 Å². The maximum Gasteiger partial charge on any atom is 0.320 e. The highest BCUT2D eigenvalue weighted by Gasteiger charge is 2.38. The lowest BCUT2D eigenvalue weighted by Crippen LogP contribution is -2.58. The summed E-state index contributed by atoms with van der Waals surface area (Å²) in [5, 5.41) is 8.76. The molecule has 0 aliphatic carbocycles. The molecular formula is C12H20N2O3. The van der Waals surface area contributed by atoms with E-state index in [0.717, 1.165) is 31.8 Å². The molecule has 0 aromatic heterocycles. The van der Waals surface area contributed by atoms with Gasteiger partial charge in [-0.25, -0.2) is 4.79 Å². The molecule has 2 saturated heterocycles. The van der Waals surface area contributed by atoms with Gasteiger partial charge in [-0.1, -0.05) is 13.3 Å². The number of hydrogen-bond acceptors (Lipinski definition) is 2. The molecule has 0 spiro atoms. The minimum atomic E-state index is -0.793. The van der Waals surface area contributed by atoms with Crippen LogP contribution >= 0.6 is 0 Å². The van der Waals surface area contributed by atoms with Gasteiger partial charge in [0, 0.05) is 26.2 Å². The lowest BCUT2D eigenvalue weighted by atomic mass is 9.94. The van der Waals surface area contributed by atoms with Gasteiger partial charge in [0.2, 0.25) is 0 Å². The highest BCUT2D eigenvalue weighted by atomic mass is 16.4. The molecule has 0 unspecified atom stereocenters. The van der Waals surface area contributed by atoms with Crippen molar-refractivity contribution in [1.29, 1.82) is 0 Å². The van der Waals surface area contributed by atoms with Gasteiger partial charge in [0.05, 0.1) is 5.92 Å². The molecule has 0 bridgehead atoms. The molecule has 2 aliphatic heterocycles. The number of carboxylic acid groups (broad SMARTS) is 1. The number of hydrogen-bond donors (Lipinski definition) is 1. The molecule has 17 heavy (non-hydrogen) atoms. The lowest BCUT2D eigenvalue weighted by molar-refractivity contribution is -0.146. The van der Waals surface area contributed by atoms with E-state index in [0.29, 0.717) is 13.1 Å². The van der Waals surface area contributed by atoms with Crippen LogP contribution in [0.4, 0.5) is 4.79 Å². The summed E-state index contributed by atoms with van der Waals surface area (Å²) in [5.74, 6) is -0.395. The van der Waals surface area contributed by atoms with Crippen molar-refractivity contribution in [3.63, 3.8) is 0 Å². The first-order chi connectivity index (χ1) is 8.11. The Kier molecular flexibility index (Phi) is 3.54. The minimum absolute atomic E-state index is 0.0250. The molecule has 5 heteroatoms. The van der Waals surface area contributed by atoms with E-state index in [-0.39, 0.29) is 11.9 Å². The van der Waals surface area contributed by atoms with Crippen LogP contribution in [-0.2, 0) is 4.79 Å². The number of rotatable bonds is 2. The van der Waals surface area contributed by atoms with Crippen molar-refractivity contribution >= 4 is 12.0 Å². The molecule has 1 N–H and O–H groups in total. The van der Waals surface area contributed by atoms with Gasteiger partial charge in [0.25, 0.3) is 0 Å². The summed E-state index contributed by atoms with van der Waals surface area (Å²) in [4.78, 5) is 26.2. The number of carboxylic acids is 1. The van der Waals surface area contributed by atoms with Crippen LogP contribution in [0.1, 0.15) is 26.2 Å². The molecule has 2 fully saturated rings. The van der Waals surface area contributed by atoms with Gasteiger partial charge in [0.15, 0.2) is 0 Å². The topological polar surface area (TPSA) is 60.9 Å². The summed E-state index contributed by atoms with van der Waals surface area (Å²) in [6.45, 7) is 4.59. The van der Waals surface area contributed by atoms with E-state index in [4.69, 9.17) is 5.11 Å². The Morgan fingerprint density at radius 3 is 2.24 bits per heavy atom. The largest absolute Gasteiger partial charge is 0.481 e. The Labute approximate surface area is 101 Å². The first kappa shape index (κ1) is 12.2. The van der Waals surface area contributed by atoms with E-state index in [1.165, 1.54) is 6.42 Å². The first-order valence-corrected chi connectivity index (χ1v) is 6.38. The molecule has 2 heterocycles. The number of carbonyl (C=O) groups excluding carboxylic acids is 1. The Hall–Kier alpha value is -1.26. The predicted octanol–water partition coefficient (Wildman–Crippen LogP) is 1.24. The second-order valence-electron chi connectivity index (χ2n) is 5.06. The Bertz CT molecular complexity index is 305. The number of nitrogens with zero attached hydrogens (tertiary/aromatic N) is 2. The standard InChI is InChI=1S/C12H20N2O3/c1-2-9-3-5-13(6-4-9)12(17)14-7-10(8-14)11(15)16/h9-10H,2-8H2,1H3,(H,15,16). The lowest BCUT2D eigenvalue weighted by Gasteiger charge is -2.41. The van der Waals surface area contributed by atoms with Crippen LogP contribution in [0.25, 0.3) is 0 Å². The van der Waals surface area contributed by atoms with Crippen molar-refractivity contribution in [3.8, 4) is 0 Å². The van der Waals surface area contributed by atoms with Crippen LogP contribution in [0.5, 0.6) is 0 Å². The van der Waals surface area contributed by atoms with Crippen molar-refractivity contribution < 1.29 is 14.7 Å². The molecular weight excluding hydrogens is 220 g/mol. The van der Waals surface area contributed by atoms with Crippen molar-refractivity contribution in [2.75, 3.05) is 26.2 Å². The number of urea groups is 1. The average molecular weight is 240 g/mol. The predicted molar refractivity (Wildman–Crippen MR) is 62.7 cm³/mol. The average Bonchev–Trinajstić information content (AvgIpc) is 2.26. The summed E-state index contributed by atoms with van der Waals surface area (Å²) < 4.78 is 0. The van der Waals surface area contributed by atoms with Gasteiger partial charge in [-0.3, -0.25) is 4.79 Å². The number of aliphatic carboxylic acids is 1. The second-order valence-corrected chi connectivity index (χ2v) is 5.06. The third-order valence-electron chi connectivity index (χ3n) is 3.96. The molecule has 0 aromatic rings. The van der Waals surface area contributed by atoms with Crippen molar-refractivity contribution in [3.05, 3.63) is 0 Å². The summed E-state index contributed by atoms with van der Waals surface area (Å²) in [5.41, 5.74) is 0. The zero-order valence-corrected chi connectivity index (χ0v) is 10.3. The Morgan fingerprint density at radius 1 is 1.18 bits per heavy atom. The van der Waals surface area contributed by atoms with Gasteiger partial charge in [-0.05, 0) is 18.8 Å². The van der Waals surface area contributed by atoms with Gasteiger partial charge < -0.3 is 14.9 Å². The fourth-order valence-electron chi connectivity index (χ4n) is 2.52. The smallest absolute Gasteiger partial charge is 0.320 e. The third kappa shape index (κ3) is 2.53. The van der Waals surface area contributed by atoms with Gasteiger partial charge >= 0.3 is 12.0 Å². The molecule has 2 amide bonds. The van der Waals surface area contributed by atoms with Gasteiger partial charge in [0.1, 0.15) is 0 Å². The summed E-state index contributed by atoms with van der Waals surface area (Å²) in [7, 11) is 0. The number of carbonyl (C=O) groups is 2. The highest BCUT2D eigenvalue weighted by Crippen LogP contribution is 2.23. The van der Waals surface area contributed by atoms with E-state index < -0.39 is 5.97 Å². The summed E-state index contributed by atoms with van der Waals surface area (Å²) in [6.07, 6.45) is 3.35. The van der Waals surface area contributed by atoms with Crippen LogP contribution in [0.2, 0.25) is 0 Å². The fourth-order valence-corrected chi connectivity index (χ4v) is 2.52. The number of likely N-dealkylation sites (tertiary alicyclic amines) is 2. The summed E-state index contributed by atoms with van der Waals surface area (Å²) in [6, 6.07) is 0.0250. The van der Waals surface area contributed by atoms with Crippen molar-refractivity contribution in [2.24, 2.45) is 11.8 Å². The van der Waals surface area contributed by atoms with Crippen LogP contribution in [-0.4, -0.2) is 53.1 Å². The van der Waals surface area contributed by atoms with Crippen molar-refractivity contribution in [2.45, 2.75) is 26.2 Å². The molecule has 0 radical (unpaired) electrons. The molecule has 96 valence electrons. The first-order valence-electron chi connectivity index (χ1n) is 6.38. The van der Waals surface area contributed by atoms with Crippen LogP contribution in [0.3, 0.4) is 0 Å². The number of amides is 2. The van der Waals surface area contributed by atoms with E-state index in [9.17, 15) is 9.59 Å². The van der Waals surface area contributed by atoms with E-state index in [1.54, 1.807) is 4.90 Å². The van der Waals surface area contributed by atoms with Crippen LogP contribution in [0, 0.1) is 11.8 Å². The third-order valence-corrected chi connectivity index (χ3v) is 3.96. The SMILES string of the molecule is CCC1CCN(C(=O)N2CC(C(=O)O)C2)CC1. The molecule has 0 aromatic carbocycles. The highest BCUT2D eigenvalue weighted by molar-refractivity contribution is 5.79. The molecule has 5 nitrogen and oxygen atoms in total. The second kappa shape index (κ2) is 4.94. The zero-order chi connectivity index (χ0) is 12.4. The maximum absolute atomic E-state index is 12.0. The fraction of sp³-hybridized carbons (Fsp3) is 0.833. The van der Waals surface area contributed by atoms with Crippen molar-refractivity contribution in [1.82, 2.24) is 9.80 Å². The quantitative estimate of drug-likeness (QED) is 0.790. The molecule has 2 rings (SSSR count). The van der Waals surface area contributed by atoms with E-state index in [1.807, 2.05) is 4.90 Å². The summed E-state index contributed by atoms with van der Waals surface area (Å²) >= 11 is 0. The van der Waals surface area contributed by atoms with Crippen LogP contribution < -0.4 is 0 Å². The minimum Gasteiger partial charge on any atom is -0.481 e. The maximum atomic E-state index is 12.0. The van der Waals surface area contributed by atoms with Gasteiger partial charge in [-0.2, -0.15) is 0 Å². The molecule has 0 atom stereocenters. The molecule has 2 aliphatic rings. The zero-order valence-electron chi connectivity index (χ0n) is 10.3. The normalized spacial score (nSPS) is 22.4. The van der Waals surface area contributed by atoms with E-state index in [2.05, 4.69) is 6.92 Å². The monoisotopic (exact) mass is 240 g/mol. The number of piperidine rings is 1. The Balaban J connectivity index is 1.77. The Morgan fingerprint density at radius 2 is 1.76 bits per heavy atom. The molecule has 0 saturated carbocycles. The van der Waals surface area contributed by atoms with Gasteiger partial charge in [-0.15, -0.1) is 0 Å².